The van der Waals surface area contributed by atoms with Gasteiger partial charge in [0.2, 0.25) is 0 Å². The van der Waals surface area contributed by atoms with E-state index in [-0.39, 0.29) is 23.9 Å². The molecule has 0 heterocycles. The van der Waals surface area contributed by atoms with Crippen molar-refractivity contribution in [3.8, 4) is 0 Å². The van der Waals surface area contributed by atoms with E-state index in [9.17, 15) is 5.11 Å². The minimum absolute atomic E-state index is 0.153. The molecule has 3 nitrogen and oxygen atoms in total. The van der Waals surface area contributed by atoms with Crippen LogP contribution in [0.4, 0.5) is 0 Å². The van der Waals surface area contributed by atoms with Crippen molar-refractivity contribution in [2.24, 2.45) is 17.8 Å². The predicted molar refractivity (Wildman–Crippen MR) is 55.0 cm³/mol. The average molecular weight is 200 g/mol. The Hall–Kier alpha value is -0.380. The van der Waals surface area contributed by atoms with Gasteiger partial charge in [-0.3, -0.25) is 0 Å². The van der Waals surface area contributed by atoms with Crippen molar-refractivity contribution in [2.45, 2.75) is 13.0 Å². The first-order valence-electron chi connectivity index (χ1n) is 5.05. The van der Waals surface area contributed by atoms with Crippen LogP contribution in [-0.2, 0) is 9.47 Å². The van der Waals surface area contributed by atoms with Crippen molar-refractivity contribution < 1.29 is 14.6 Å². The minimum Gasteiger partial charge on any atom is -0.392 e. The van der Waals surface area contributed by atoms with E-state index >= 15 is 0 Å². The number of methoxy groups -OCH3 is 2. The molecule has 0 spiro atoms. The van der Waals surface area contributed by atoms with E-state index in [1.54, 1.807) is 14.2 Å². The first kappa shape index (κ1) is 11.7. The van der Waals surface area contributed by atoms with Crippen LogP contribution in [0.5, 0.6) is 0 Å². The fraction of sp³-hybridized carbons (Fsp3) is 0.818. The van der Waals surface area contributed by atoms with Gasteiger partial charge >= 0.3 is 0 Å². The highest BCUT2D eigenvalue weighted by Gasteiger charge is 2.32. The lowest BCUT2D eigenvalue weighted by Crippen LogP contribution is -2.39. The van der Waals surface area contributed by atoms with Crippen LogP contribution in [0, 0.1) is 17.8 Å². The molecular formula is C11H20O3. The molecule has 0 aromatic carbocycles. The standard InChI is InChI=1S/C11H20O3/c1-8-4-5-9(6-13-2)10(7-14-3)11(8)12/h4-5,8-12H,6-7H2,1-3H3/t8-,9-,10+,11-/m0/s1. The Kier molecular flexibility index (Phi) is 4.58. The molecule has 0 saturated heterocycles. The van der Waals surface area contributed by atoms with Gasteiger partial charge in [-0.05, 0) is 0 Å². The van der Waals surface area contributed by atoms with Crippen LogP contribution >= 0.6 is 0 Å². The highest BCUT2D eigenvalue weighted by molar-refractivity contribution is 5.04. The number of hydrogen-bond acceptors (Lipinski definition) is 3. The van der Waals surface area contributed by atoms with Crippen LogP contribution in [0.15, 0.2) is 12.2 Å². The third kappa shape index (κ3) is 2.56. The van der Waals surface area contributed by atoms with Gasteiger partial charge in [0.05, 0.1) is 19.3 Å². The lowest BCUT2D eigenvalue weighted by Gasteiger charge is -2.34. The van der Waals surface area contributed by atoms with Gasteiger partial charge in [0.25, 0.3) is 0 Å². The van der Waals surface area contributed by atoms with Gasteiger partial charge in [-0.1, -0.05) is 19.1 Å². The first-order chi connectivity index (χ1) is 6.70. The molecule has 1 aliphatic rings. The molecule has 0 radical (unpaired) electrons. The number of ether oxygens (including phenoxy) is 2. The second-order valence-electron chi connectivity index (χ2n) is 3.97. The third-order valence-corrected chi connectivity index (χ3v) is 2.91. The summed E-state index contributed by atoms with van der Waals surface area (Å²) in [4.78, 5) is 0. The van der Waals surface area contributed by atoms with Crippen LogP contribution < -0.4 is 0 Å². The maximum Gasteiger partial charge on any atom is 0.0656 e. The van der Waals surface area contributed by atoms with Crippen LogP contribution in [0.25, 0.3) is 0 Å². The summed E-state index contributed by atoms with van der Waals surface area (Å²) >= 11 is 0. The molecule has 0 unspecified atom stereocenters. The molecule has 0 amide bonds. The Balaban J connectivity index is 2.66. The Morgan fingerprint density at radius 3 is 2.36 bits per heavy atom. The zero-order valence-corrected chi connectivity index (χ0v) is 9.14. The van der Waals surface area contributed by atoms with E-state index in [1.807, 2.05) is 6.92 Å². The minimum atomic E-state index is -0.319. The Labute approximate surface area is 85.7 Å². The lowest BCUT2D eigenvalue weighted by molar-refractivity contribution is -0.0163. The number of rotatable bonds is 4. The summed E-state index contributed by atoms with van der Waals surface area (Å²) in [7, 11) is 3.35. The van der Waals surface area contributed by atoms with E-state index in [1.165, 1.54) is 0 Å². The molecule has 0 aromatic rings. The summed E-state index contributed by atoms with van der Waals surface area (Å²) in [5.41, 5.74) is 0. The van der Waals surface area contributed by atoms with Gasteiger partial charge in [-0.2, -0.15) is 0 Å². The Morgan fingerprint density at radius 1 is 1.14 bits per heavy atom. The van der Waals surface area contributed by atoms with Crippen LogP contribution in [0.3, 0.4) is 0 Å². The van der Waals surface area contributed by atoms with Crippen LogP contribution in [0.2, 0.25) is 0 Å². The zero-order chi connectivity index (χ0) is 10.6. The highest BCUT2D eigenvalue weighted by atomic mass is 16.5. The molecule has 0 fully saturated rings. The van der Waals surface area contributed by atoms with E-state index < -0.39 is 0 Å². The third-order valence-electron chi connectivity index (χ3n) is 2.91. The fourth-order valence-corrected chi connectivity index (χ4v) is 2.00. The normalized spacial score (nSPS) is 37.4. The van der Waals surface area contributed by atoms with E-state index in [0.717, 1.165) is 0 Å². The summed E-state index contributed by atoms with van der Waals surface area (Å²) in [5.74, 6) is 0.634. The Bertz CT molecular complexity index is 191. The molecule has 3 heteroatoms. The molecule has 0 saturated carbocycles. The summed E-state index contributed by atoms with van der Waals surface area (Å²) in [6, 6.07) is 0. The largest absolute Gasteiger partial charge is 0.392 e. The topological polar surface area (TPSA) is 38.7 Å². The Morgan fingerprint density at radius 2 is 1.79 bits per heavy atom. The van der Waals surface area contributed by atoms with Crippen molar-refractivity contribution in [1.82, 2.24) is 0 Å². The molecule has 0 aromatic heterocycles. The van der Waals surface area contributed by atoms with E-state index in [4.69, 9.17) is 9.47 Å². The predicted octanol–water partition coefficient (Wildman–Crippen LogP) is 1.08. The highest BCUT2D eigenvalue weighted by Crippen LogP contribution is 2.29. The zero-order valence-electron chi connectivity index (χ0n) is 9.14. The summed E-state index contributed by atoms with van der Waals surface area (Å²) in [6.07, 6.45) is 3.87. The quantitative estimate of drug-likeness (QED) is 0.690. The summed E-state index contributed by atoms with van der Waals surface area (Å²) in [5, 5.41) is 9.98. The average Bonchev–Trinajstić information content (AvgIpc) is 2.18. The second kappa shape index (κ2) is 5.49. The second-order valence-corrected chi connectivity index (χ2v) is 3.97. The van der Waals surface area contributed by atoms with Crippen molar-refractivity contribution in [2.75, 3.05) is 27.4 Å². The molecule has 14 heavy (non-hydrogen) atoms. The monoisotopic (exact) mass is 200 g/mol. The van der Waals surface area contributed by atoms with Gasteiger partial charge in [0, 0.05) is 32.0 Å². The summed E-state index contributed by atoms with van der Waals surface area (Å²) in [6.45, 7) is 3.25. The molecule has 4 atom stereocenters. The van der Waals surface area contributed by atoms with Gasteiger partial charge in [-0.15, -0.1) is 0 Å². The summed E-state index contributed by atoms with van der Waals surface area (Å²) < 4.78 is 10.3. The van der Waals surface area contributed by atoms with E-state index in [0.29, 0.717) is 13.2 Å². The molecular weight excluding hydrogens is 180 g/mol. The molecule has 0 bridgehead atoms. The van der Waals surface area contributed by atoms with Crippen molar-refractivity contribution in [3.05, 3.63) is 12.2 Å². The van der Waals surface area contributed by atoms with Crippen LogP contribution in [0.1, 0.15) is 6.92 Å². The van der Waals surface area contributed by atoms with Gasteiger partial charge in [-0.25, -0.2) is 0 Å². The number of hydrogen-bond donors (Lipinski definition) is 1. The van der Waals surface area contributed by atoms with Crippen LogP contribution in [-0.4, -0.2) is 38.6 Å². The van der Waals surface area contributed by atoms with E-state index in [2.05, 4.69) is 12.2 Å². The van der Waals surface area contributed by atoms with Crippen molar-refractivity contribution in [1.29, 1.82) is 0 Å². The molecule has 0 aliphatic heterocycles. The maximum absolute atomic E-state index is 9.98. The van der Waals surface area contributed by atoms with Gasteiger partial charge in [0.1, 0.15) is 0 Å². The molecule has 82 valence electrons. The number of aliphatic hydroxyl groups excluding tert-OH is 1. The molecule has 1 rings (SSSR count). The smallest absolute Gasteiger partial charge is 0.0656 e. The first-order valence-corrected chi connectivity index (χ1v) is 5.05. The maximum atomic E-state index is 9.98. The molecule has 1 aliphatic carbocycles. The van der Waals surface area contributed by atoms with Gasteiger partial charge < -0.3 is 14.6 Å². The van der Waals surface area contributed by atoms with Gasteiger partial charge in [0.15, 0.2) is 0 Å². The number of aliphatic hydroxyl groups is 1. The fourth-order valence-electron chi connectivity index (χ4n) is 2.00. The molecule has 1 N–H and O–H groups in total. The SMILES string of the molecule is COC[C@H]1[C@@H](O)[C@@H](C)C=C[C@H]1COC. The van der Waals surface area contributed by atoms with Crippen molar-refractivity contribution in [3.63, 3.8) is 0 Å². The van der Waals surface area contributed by atoms with Crippen molar-refractivity contribution >= 4 is 0 Å². The lowest BCUT2D eigenvalue weighted by atomic mass is 9.78.